The molecule has 1 saturated heterocycles. The zero-order valence-electron chi connectivity index (χ0n) is 20.0. The Balaban J connectivity index is 1.48. The summed E-state index contributed by atoms with van der Waals surface area (Å²) >= 11 is 0. The molecule has 1 atom stereocenters. The van der Waals surface area contributed by atoms with Crippen molar-refractivity contribution in [2.75, 3.05) is 25.4 Å². The maximum absolute atomic E-state index is 13.3. The molecule has 0 spiro atoms. The predicted octanol–water partition coefficient (Wildman–Crippen LogP) is 4.71. The summed E-state index contributed by atoms with van der Waals surface area (Å²) in [5.74, 6) is 7.79. The average molecular weight is 464 g/mol. The Morgan fingerprint density at radius 1 is 1.21 bits per heavy atom. The fraction of sp³-hybridized carbons (Fsp3) is 0.481. The number of alkyl halides is 1. The van der Waals surface area contributed by atoms with Gasteiger partial charge in [0.1, 0.15) is 29.8 Å². The Kier molecular flexibility index (Phi) is 8.51. The summed E-state index contributed by atoms with van der Waals surface area (Å²) in [4.78, 5) is 11.5. The third-order valence-electron chi connectivity index (χ3n) is 6.09. The van der Waals surface area contributed by atoms with Crippen molar-refractivity contribution >= 4 is 16.9 Å². The smallest absolute Gasteiger partial charge is 0.151 e. The van der Waals surface area contributed by atoms with E-state index in [2.05, 4.69) is 28.6 Å². The number of hydrogen-bond acceptors (Lipinski definition) is 5. The second kappa shape index (κ2) is 12.0. The molecule has 3 heterocycles. The van der Waals surface area contributed by atoms with Gasteiger partial charge in [0.2, 0.25) is 0 Å². The summed E-state index contributed by atoms with van der Waals surface area (Å²) in [6.07, 6.45) is 6.51. The normalized spacial score (nSPS) is 16.1. The molecular weight excluding hydrogens is 429 g/mol. The third kappa shape index (κ3) is 6.34. The first kappa shape index (κ1) is 24.2. The molecule has 0 unspecified atom stereocenters. The number of likely N-dealkylation sites (tertiary alicyclic amines) is 1. The number of aryl methyl sites for hydroxylation is 1. The van der Waals surface area contributed by atoms with E-state index in [1.807, 2.05) is 41.1 Å². The van der Waals surface area contributed by atoms with Crippen LogP contribution in [0.1, 0.15) is 56.0 Å². The maximum atomic E-state index is 13.3. The van der Waals surface area contributed by atoms with Gasteiger partial charge in [-0.3, -0.25) is 0 Å². The number of nitrogens with zero attached hydrogens (tertiary/aromatic N) is 4. The van der Waals surface area contributed by atoms with Gasteiger partial charge in [-0.1, -0.05) is 55.5 Å². The minimum atomic E-state index is -0.673. The molecule has 34 heavy (non-hydrogen) atoms. The van der Waals surface area contributed by atoms with Crippen molar-refractivity contribution < 1.29 is 9.13 Å². The van der Waals surface area contributed by atoms with Crippen LogP contribution in [0.4, 0.5) is 10.2 Å². The highest BCUT2D eigenvalue weighted by Crippen LogP contribution is 2.24. The van der Waals surface area contributed by atoms with Crippen molar-refractivity contribution in [3.8, 4) is 11.8 Å². The molecular formula is C27H34FN5O. The lowest BCUT2D eigenvalue weighted by atomic mass is 10.2. The van der Waals surface area contributed by atoms with Crippen LogP contribution in [0.2, 0.25) is 0 Å². The molecule has 2 aromatic heterocycles. The molecule has 4 rings (SSSR count). The number of ether oxygens (including phenoxy) is 1. The van der Waals surface area contributed by atoms with Gasteiger partial charge in [-0.15, -0.1) is 0 Å². The highest BCUT2D eigenvalue weighted by Gasteiger charge is 2.20. The molecule has 6 nitrogen and oxygen atoms in total. The van der Waals surface area contributed by atoms with Crippen molar-refractivity contribution in [1.29, 1.82) is 0 Å². The Morgan fingerprint density at radius 3 is 2.82 bits per heavy atom. The molecule has 0 aliphatic carbocycles. The van der Waals surface area contributed by atoms with Gasteiger partial charge in [0.15, 0.2) is 5.82 Å². The van der Waals surface area contributed by atoms with E-state index in [0.29, 0.717) is 32.1 Å². The SMILES string of the molecule is CCCCc1nc(N)c2c(n1)c(C#CCCCN1CC[C@@H](F)C1)cn2COCc1ccccc1. The number of fused-ring (bicyclic) bond motifs is 1. The van der Waals surface area contributed by atoms with E-state index in [0.717, 1.165) is 73.2 Å². The van der Waals surface area contributed by atoms with Crippen LogP contribution in [0.5, 0.6) is 0 Å². The first-order chi connectivity index (χ1) is 16.6. The van der Waals surface area contributed by atoms with Crippen LogP contribution in [0.25, 0.3) is 11.0 Å². The van der Waals surface area contributed by atoms with Gasteiger partial charge in [0.25, 0.3) is 0 Å². The van der Waals surface area contributed by atoms with Crippen LogP contribution in [-0.4, -0.2) is 45.2 Å². The standard InChI is InChI=1S/C27H34FN5O/c1-2-3-13-24-30-25-22(12-8-5-9-15-32-16-14-23(28)18-32)17-33(26(25)27(29)31-24)20-34-19-21-10-6-4-7-11-21/h4,6-7,10-11,17,23H,2-3,5,9,13-16,18-20H2,1H3,(H2,29,30,31)/t23-/m1/s1. The molecule has 0 amide bonds. The number of nitrogens with two attached hydrogens (primary N) is 1. The number of nitrogen functional groups attached to an aromatic ring is 1. The lowest BCUT2D eigenvalue weighted by Crippen LogP contribution is -2.22. The molecule has 7 heteroatoms. The number of aromatic nitrogens is 3. The molecule has 1 aliphatic heterocycles. The van der Waals surface area contributed by atoms with E-state index < -0.39 is 6.17 Å². The first-order valence-electron chi connectivity index (χ1n) is 12.3. The van der Waals surface area contributed by atoms with Gasteiger partial charge in [0.05, 0.1) is 12.2 Å². The topological polar surface area (TPSA) is 69.2 Å². The van der Waals surface area contributed by atoms with Crippen molar-refractivity contribution in [3.63, 3.8) is 0 Å². The van der Waals surface area contributed by atoms with Crippen LogP contribution in [0, 0.1) is 11.8 Å². The highest BCUT2D eigenvalue weighted by atomic mass is 19.1. The third-order valence-corrected chi connectivity index (χ3v) is 6.09. The Hall–Kier alpha value is -2.95. The summed E-state index contributed by atoms with van der Waals surface area (Å²) in [6.45, 7) is 5.29. The van der Waals surface area contributed by atoms with Gasteiger partial charge >= 0.3 is 0 Å². The van der Waals surface area contributed by atoms with Gasteiger partial charge < -0.3 is 19.9 Å². The second-order valence-corrected chi connectivity index (χ2v) is 8.89. The van der Waals surface area contributed by atoms with Crippen LogP contribution in [-0.2, 0) is 24.5 Å². The Bertz CT molecular complexity index is 1130. The second-order valence-electron chi connectivity index (χ2n) is 8.89. The summed E-state index contributed by atoms with van der Waals surface area (Å²) in [6, 6.07) is 10.1. The first-order valence-corrected chi connectivity index (χ1v) is 12.3. The number of benzene rings is 1. The number of anilines is 1. The van der Waals surface area contributed by atoms with Crippen LogP contribution >= 0.6 is 0 Å². The minimum Gasteiger partial charge on any atom is -0.382 e. The van der Waals surface area contributed by atoms with Crippen molar-refractivity contribution in [3.05, 3.63) is 53.5 Å². The van der Waals surface area contributed by atoms with E-state index >= 15 is 0 Å². The summed E-state index contributed by atoms with van der Waals surface area (Å²) in [5, 5.41) is 0. The van der Waals surface area contributed by atoms with Gasteiger partial charge in [0, 0.05) is 32.1 Å². The molecule has 1 fully saturated rings. The zero-order valence-corrected chi connectivity index (χ0v) is 20.0. The molecule has 1 aromatic carbocycles. The number of unbranched alkanes of at least 4 members (excludes halogenated alkanes) is 2. The fourth-order valence-corrected chi connectivity index (χ4v) is 4.29. The lowest BCUT2D eigenvalue weighted by Gasteiger charge is -2.12. The number of hydrogen-bond donors (Lipinski definition) is 1. The monoisotopic (exact) mass is 463 g/mol. The summed E-state index contributed by atoms with van der Waals surface area (Å²) < 4.78 is 21.2. The van der Waals surface area contributed by atoms with E-state index in [1.165, 1.54) is 0 Å². The quantitative estimate of drug-likeness (QED) is 0.348. The Morgan fingerprint density at radius 2 is 2.06 bits per heavy atom. The van der Waals surface area contributed by atoms with E-state index in [9.17, 15) is 4.39 Å². The highest BCUT2D eigenvalue weighted by molar-refractivity contribution is 5.90. The van der Waals surface area contributed by atoms with E-state index in [1.54, 1.807) is 0 Å². The van der Waals surface area contributed by atoms with Gasteiger partial charge in [-0.25, -0.2) is 14.4 Å². The van der Waals surface area contributed by atoms with Crippen molar-refractivity contribution in [2.45, 2.75) is 65.0 Å². The fourth-order valence-electron chi connectivity index (χ4n) is 4.29. The maximum Gasteiger partial charge on any atom is 0.151 e. The molecule has 1 aliphatic rings. The molecule has 0 radical (unpaired) electrons. The van der Waals surface area contributed by atoms with E-state index in [4.69, 9.17) is 15.5 Å². The average Bonchev–Trinajstić information content (AvgIpc) is 3.41. The molecule has 180 valence electrons. The minimum absolute atomic E-state index is 0.342. The van der Waals surface area contributed by atoms with Gasteiger partial charge in [-0.2, -0.15) is 0 Å². The number of halogens is 1. The van der Waals surface area contributed by atoms with Crippen molar-refractivity contribution in [2.24, 2.45) is 0 Å². The molecule has 0 saturated carbocycles. The van der Waals surface area contributed by atoms with Crippen LogP contribution < -0.4 is 5.73 Å². The van der Waals surface area contributed by atoms with Gasteiger partial charge in [-0.05, 0) is 31.4 Å². The molecule has 0 bridgehead atoms. The molecule has 2 N–H and O–H groups in total. The molecule has 3 aromatic rings. The van der Waals surface area contributed by atoms with E-state index in [-0.39, 0.29) is 0 Å². The zero-order chi connectivity index (χ0) is 23.8. The summed E-state index contributed by atoms with van der Waals surface area (Å²) in [5.41, 5.74) is 9.88. The predicted molar refractivity (Wildman–Crippen MR) is 134 cm³/mol. The Labute approximate surface area is 201 Å². The largest absolute Gasteiger partial charge is 0.382 e. The lowest BCUT2D eigenvalue weighted by molar-refractivity contribution is 0.0668. The van der Waals surface area contributed by atoms with Crippen molar-refractivity contribution in [1.82, 2.24) is 19.4 Å². The number of rotatable bonds is 10. The van der Waals surface area contributed by atoms with Crippen LogP contribution in [0.15, 0.2) is 36.5 Å². The summed E-state index contributed by atoms with van der Waals surface area (Å²) in [7, 11) is 0. The van der Waals surface area contributed by atoms with Crippen LogP contribution in [0.3, 0.4) is 0 Å².